The molecule has 0 aromatic carbocycles. The predicted octanol–water partition coefficient (Wildman–Crippen LogP) is 2.38. The van der Waals surface area contributed by atoms with Gasteiger partial charge in [0.15, 0.2) is 0 Å². The van der Waals surface area contributed by atoms with Crippen LogP contribution in [0.15, 0.2) is 10.7 Å². The number of quaternary nitrogens is 1. The summed E-state index contributed by atoms with van der Waals surface area (Å²) in [5, 5.41) is 4.24. The van der Waals surface area contributed by atoms with E-state index >= 15 is 0 Å². The number of aryl methyl sites for hydroxylation is 1. The maximum atomic E-state index is 12.4. The smallest absolute Gasteiger partial charge is 0.414 e. The molecule has 0 N–H and O–H groups in total. The van der Waals surface area contributed by atoms with Crippen LogP contribution < -0.4 is 0 Å². The molecule has 1 saturated heterocycles. The van der Waals surface area contributed by atoms with E-state index in [1.165, 1.54) is 0 Å². The standard InChI is InChI=1S/C15H26BrN4O2/c1-15(2,3)22-14(21)20(5)8-6-19(7-9-20)11-13-12(16)10-17-18(13)4/h10H,6-9,11H2,1-5H3/q+1. The molecule has 0 bridgehead atoms. The normalized spacial score (nSPS) is 19.2. The Balaban J connectivity index is 1.94. The minimum atomic E-state index is -0.435. The number of aromatic nitrogens is 2. The summed E-state index contributed by atoms with van der Waals surface area (Å²) >= 11 is 3.53. The molecule has 7 heteroatoms. The highest BCUT2D eigenvalue weighted by molar-refractivity contribution is 9.10. The Morgan fingerprint density at radius 3 is 2.45 bits per heavy atom. The second-order valence-electron chi connectivity index (χ2n) is 7.16. The van der Waals surface area contributed by atoms with Crippen LogP contribution in [-0.2, 0) is 18.3 Å². The van der Waals surface area contributed by atoms with E-state index < -0.39 is 5.60 Å². The molecule has 0 unspecified atom stereocenters. The molecule has 0 aliphatic carbocycles. The van der Waals surface area contributed by atoms with E-state index in [0.717, 1.165) is 42.9 Å². The number of carbonyl (C=O) groups excluding carboxylic acids is 1. The summed E-state index contributed by atoms with van der Waals surface area (Å²) in [6.45, 7) is 9.84. The fraction of sp³-hybridized carbons (Fsp3) is 0.733. The van der Waals surface area contributed by atoms with Gasteiger partial charge in [0.2, 0.25) is 0 Å². The summed E-state index contributed by atoms with van der Waals surface area (Å²) in [7, 11) is 3.91. The summed E-state index contributed by atoms with van der Waals surface area (Å²) in [6.07, 6.45) is 1.69. The molecule has 124 valence electrons. The number of nitrogens with zero attached hydrogens (tertiary/aromatic N) is 4. The van der Waals surface area contributed by atoms with Gasteiger partial charge in [0.25, 0.3) is 0 Å². The van der Waals surface area contributed by atoms with Gasteiger partial charge in [-0.25, -0.2) is 4.48 Å². The van der Waals surface area contributed by atoms with Gasteiger partial charge in [-0.2, -0.15) is 9.89 Å². The Hall–Kier alpha value is -0.920. The molecular weight excluding hydrogens is 348 g/mol. The molecule has 0 atom stereocenters. The van der Waals surface area contributed by atoms with E-state index in [9.17, 15) is 4.79 Å². The molecule has 6 nitrogen and oxygen atoms in total. The minimum Gasteiger partial charge on any atom is -0.414 e. The molecule has 1 aromatic heterocycles. The third-order valence-corrected chi connectivity index (χ3v) is 4.70. The lowest BCUT2D eigenvalue weighted by molar-refractivity contribution is -0.843. The van der Waals surface area contributed by atoms with Gasteiger partial charge in [0.05, 0.1) is 23.4 Å². The van der Waals surface area contributed by atoms with Gasteiger partial charge >= 0.3 is 6.09 Å². The fourth-order valence-corrected chi connectivity index (χ4v) is 2.96. The Kier molecular flexibility index (Phi) is 4.99. The van der Waals surface area contributed by atoms with Crippen molar-refractivity contribution >= 4 is 22.0 Å². The minimum absolute atomic E-state index is 0.131. The van der Waals surface area contributed by atoms with Crippen molar-refractivity contribution in [2.24, 2.45) is 7.05 Å². The van der Waals surface area contributed by atoms with Crippen LogP contribution in [0.4, 0.5) is 4.79 Å². The fourth-order valence-electron chi connectivity index (χ4n) is 2.49. The monoisotopic (exact) mass is 373 g/mol. The molecule has 2 heterocycles. The molecule has 2 rings (SSSR count). The molecule has 22 heavy (non-hydrogen) atoms. The molecule has 1 amide bonds. The lowest BCUT2D eigenvalue weighted by atomic mass is 10.2. The summed E-state index contributed by atoms with van der Waals surface area (Å²) in [5.41, 5.74) is 0.725. The number of piperazine rings is 1. The van der Waals surface area contributed by atoms with Gasteiger partial charge in [-0.15, -0.1) is 0 Å². The number of likely N-dealkylation sites (N-methyl/N-ethyl adjacent to an activating group) is 1. The summed E-state index contributed by atoms with van der Waals surface area (Å²) in [5.74, 6) is 0. The summed E-state index contributed by atoms with van der Waals surface area (Å²) in [6, 6.07) is 0. The Morgan fingerprint density at radius 1 is 1.41 bits per heavy atom. The van der Waals surface area contributed by atoms with Crippen molar-refractivity contribution in [3.8, 4) is 0 Å². The molecule has 0 radical (unpaired) electrons. The SMILES string of the molecule is Cn1ncc(Br)c1CN1CC[N+](C)(C(=O)OC(C)(C)C)CC1. The zero-order valence-corrected chi connectivity index (χ0v) is 15.7. The largest absolute Gasteiger partial charge is 0.516 e. The Bertz CT molecular complexity index is 523. The Morgan fingerprint density at radius 2 is 2.00 bits per heavy atom. The van der Waals surface area contributed by atoms with Gasteiger partial charge in [-0.1, -0.05) is 0 Å². The number of amides is 1. The predicted molar refractivity (Wildman–Crippen MR) is 88.3 cm³/mol. The number of ether oxygens (including phenoxy) is 1. The van der Waals surface area contributed by atoms with Crippen molar-refractivity contribution in [2.45, 2.75) is 32.9 Å². The molecule has 1 aliphatic rings. The maximum absolute atomic E-state index is 12.4. The lowest BCUT2D eigenvalue weighted by Crippen LogP contribution is -2.61. The van der Waals surface area contributed by atoms with E-state index in [1.807, 2.05) is 45.7 Å². The first-order chi connectivity index (χ1) is 10.1. The van der Waals surface area contributed by atoms with Gasteiger partial charge in [0.1, 0.15) is 18.7 Å². The number of halogens is 1. The molecule has 0 saturated carbocycles. The second kappa shape index (κ2) is 6.29. The Labute approximate surface area is 140 Å². The van der Waals surface area contributed by atoms with Crippen molar-refractivity contribution < 1.29 is 14.0 Å². The number of carbonyl (C=O) groups is 1. The topological polar surface area (TPSA) is 47.4 Å². The van der Waals surface area contributed by atoms with Crippen molar-refractivity contribution in [1.82, 2.24) is 14.7 Å². The van der Waals surface area contributed by atoms with Crippen LogP contribution in [0.3, 0.4) is 0 Å². The van der Waals surface area contributed by atoms with E-state index in [-0.39, 0.29) is 6.09 Å². The molecule has 1 aliphatic heterocycles. The zero-order chi connectivity index (χ0) is 16.5. The van der Waals surface area contributed by atoms with Crippen LogP contribution in [0.5, 0.6) is 0 Å². The third-order valence-electron chi connectivity index (χ3n) is 4.04. The van der Waals surface area contributed by atoms with Gasteiger partial charge in [-0.05, 0) is 36.7 Å². The molecule has 0 spiro atoms. The van der Waals surface area contributed by atoms with Crippen LogP contribution in [0.1, 0.15) is 26.5 Å². The van der Waals surface area contributed by atoms with E-state index in [2.05, 4.69) is 25.9 Å². The number of hydrogen-bond acceptors (Lipinski definition) is 4. The summed E-state index contributed by atoms with van der Waals surface area (Å²) < 4.78 is 8.82. The summed E-state index contributed by atoms with van der Waals surface area (Å²) in [4.78, 5) is 14.7. The first-order valence-electron chi connectivity index (χ1n) is 7.57. The van der Waals surface area contributed by atoms with Crippen LogP contribution >= 0.6 is 15.9 Å². The van der Waals surface area contributed by atoms with E-state index in [1.54, 1.807) is 0 Å². The number of hydrogen-bond donors (Lipinski definition) is 0. The number of rotatable bonds is 2. The third kappa shape index (κ3) is 4.08. The highest BCUT2D eigenvalue weighted by atomic mass is 79.9. The van der Waals surface area contributed by atoms with Crippen molar-refractivity contribution in [2.75, 3.05) is 33.2 Å². The van der Waals surface area contributed by atoms with E-state index in [0.29, 0.717) is 4.48 Å². The first-order valence-corrected chi connectivity index (χ1v) is 8.37. The van der Waals surface area contributed by atoms with E-state index in [4.69, 9.17) is 4.74 Å². The quantitative estimate of drug-likeness (QED) is 0.746. The zero-order valence-electron chi connectivity index (χ0n) is 14.1. The molecule has 1 aromatic rings. The lowest BCUT2D eigenvalue weighted by Gasteiger charge is -2.39. The van der Waals surface area contributed by atoms with Crippen LogP contribution in [0.25, 0.3) is 0 Å². The van der Waals surface area contributed by atoms with Crippen molar-refractivity contribution in [3.05, 3.63) is 16.4 Å². The van der Waals surface area contributed by atoms with Gasteiger partial charge < -0.3 is 4.74 Å². The molecular formula is C15H26BrN4O2+. The van der Waals surface area contributed by atoms with Gasteiger partial charge in [-0.3, -0.25) is 9.58 Å². The molecule has 1 fully saturated rings. The average molecular weight is 374 g/mol. The average Bonchev–Trinajstić information content (AvgIpc) is 2.71. The highest BCUT2D eigenvalue weighted by Crippen LogP contribution is 2.21. The van der Waals surface area contributed by atoms with Crippen LogP contribution in [0, 0.1) is 0 Å². The van der Waals surface area contributed by atoms with Crippen LogP contribution in [-0.4, -0.2) is 64.1 Å². The highest BCUT2D eigenvalue weighted by Gasteiger charge is 2.40. The van der Waals surface area contributed by atoms with Crippen LogP contribution in [0.2, 0.25) is 0 Å². The first kappa shape index (κ1) is 17.4. The second-order valence-corrected chi connectivity index (χ2v) is 8.02. The van der Waals surface area contributed by atoms with Gasteiger partial charge in [0, 0.05) is 26.7 Å². The van der Waals surface area contributed by atoms with Crippen molar-refractivity contribution in [1.29, 1.82) is 0 Å². The maximum Gasteiger partial charge on any atom is 0.516 e. The van der Waals surface area contributed by atoms with Crippen molar-refractivity contribution in [3.63, 3.8) is 0 Å².